The standard InChI is InChI=1S/C16H25NO2S/c1-4-8-17-16-14-11-13(19-3)7-6-12(14)10-15(16)20(18)9-5-2/h6-7,11,15-17H,4-5,8-10H2,1-3H3. The highest BCUT2D eigenvalue weighted by atomic mass is 32.2. The fraction of sp³-hybridized carbons (Fsp3) is 0.625. The van der Waals surface area contributed by atoms with E-state index in [0.717, 1.165) is 37.3 Å². The van der Waals surface area contributed by atoms with Crippen LogP contribution in [-0.2, 0) is 17.2 Å². The molecule has 4 heteroatoms. The van der Waals surface area contributed by atoms with E-state index in [0.29, 0.717) is 0 Å². The Kier molecular flexibility index (Phi) is 5.61. The smallest absolute Gasteiger partial charge is 0.119 e. The number of hydrogen-bond donors (Lipinski definition) is 1. The average Bonchev–Trinajstić information content (AvgIpc) is 2.83. The zero-order chi connectivity index (χ0) is 14.5. The molecule has 0 amide bonds. The van der Waals surface area contributed by atoms with Crippen molar-refractivity contribution in [3.05, 3.63) is 29.3 Å². The van der Waals surface area contributed by atoms with Crippen LogP contribution in [0.2, 0.25) is 0 Å². The second-order valence-corrected chi connectivity index (χ2v) is 7.10. The fourth-order valence-electron chi connectivity index (χ4n) is 2.85. The predicted octanol–water partition coefficient (Wildman–Crippen LogP) is 2.82. The van der Waals surface area contributed by atoms with Crippen molar-refractivity contribution in [3.63, 3.8) is 0 Å². The van der Waals surface area contributed by atoms with Crippen LogP contribution in [0.25, 0.3) is 0 Å². The Morgan fingerprint density at radius 1 is 1.35 bits per heavy atom. The third-order valence-corrected chi connectivity index (χ3v) is 5.76. The van der Waals surface area contributed by atoms with Gasteiger partial charge in [0.2, 0.25) is 0 Å². The monoisotopic (exact) mass is 295 g/mol. The number of hydrogen-bond acceptors (Lipinski definition) is 3. The van der Waals surface area contributed by atoms with E-state index < -0.39 is 10.8 Å². The molecule has 20 heavy (non-hydrogen) atoms. The maximum Gasteiger partial charge on any atom is 0.119 e. The molecule has 1 aromatic carbocycles. The summed E-state index contributed by atoms with van der Waals surface area (Å²) in [6.45, 7) is 5.21. The van der Waals surface area contributed by atoms with Crippen LogP contribution in [-0.4, -0.2) is 28.9 Å². The van der Waals surface area contributed by atoms with E-state index in [1.54, 1.807) is 7.11 Å². The second kappa shape index (κ2) is 7.23. The quantitative estimate of drug-likeness (QED) is 0.840. The van der Waals surface area contributed by atoms with Gasteiger partial charge in [-0.15, -0.1) is 0 Å². The third-order valence-electron chi connectivity index (χ3n) is 3.84. The van der Waals surface area contributed by atoms with E-state index >= 15 is 0 Å². The molecule has 0 heterocycles. The van der Waals surface area contributed by atoms with Crippen LogP contribution < -0.4 is 10.1 Å². The first kappa shape index (κ1) is 15.5. The van der Waals surface area contributed by atoms with Crippen LogP contribution in [0.3, 0.4) is 0 Å². The van der Waals surface area contributed by atoms with Crippen molar-refractivity contribution in [2.45, 2.75) is 44.4 Å². The molecule has 0 bridgehead atoms. The Bertz CT molecular complexity index is 476. The summed E-state index contributed by atoms with van der Waals surface area (Å²) < 4.78 is 17.8. The topological polar surface area (TPSA) is 38.3 Å². The van der Waals surface area contributed by atoms with Crippen molar-refractivity contribution < 1.29 is 8.95 Å². The lowest BCUT2D eigenvalue weighted by molar-refractivity contribution is 0.413. The van der Waals surface area contributed by atoms with E-state index in [1.165, 1.54) is 11.1 Å². The van der Waals surface area contributed by atoms with E-state index in [9.17, 15) is 4.21 Å². The van der Waals surface area contributed by atoms with Gasteiger partial charge >= 0.3 is 0 Å². The Morgan fingerprint density at radius 2 is 2.15 bits per heavy atom. The first-order chi connectivity index (χ1) is 9.71. The van der Waals surface area contributed by atoms with Gasteiger partial charge in [0.25, 0.3) is 0 Å². The molecule has 0 fully saturated rings. The van der Waals surface area contributed by atoms with Gasteiger partial charge in [-0.25, -0.2) is 0 Å². The predicted molar refractivity (Wildman–Crippen MR) is 84.8 cm³/mol. The van der Waals surface area contributed by atoms with E-state index in [2.05, 4.69) is 31.3 Å². The molecule has 112 valence electrons. The number of fused-ring (bicyclic) bond motifs is 1. The lowest BCUT2D eigenvalue weighted by Gasteiger charge is -2.21. The summed E-state index contributed by atoms with van der Waals surface area (Å²) in [6.07, 6.45) is 2.97. The fourth-order valence-corrected chi connectivity index (χ4v) is 4.47. The molecule has 1 aromatic rings. The SMILES string of the molecule is CCCNC1c2cc(OC)ccc2CC1S(=O)CCC. The minimum absolute atomic E-state index is 0.198. The molecule has 1 aliphatic rings. The van der Waals surface area contributed by atoms with E-state index in [4.69, 9.17) is 4.74 Å². The Hall–Kier alpha value is -0.870. The van der Waals surface area contributed by atoms with Gasteiger partial charge in [-0.3, -0.25) is 4.21 Å². The molecule has 1 N–H and O–H groups in total. The van der Waals surface area contributed by atoms with Gasteiger partial charge in [-0.05, 0) is 49.1 Å². The lowest BCUT2D eigenvalue weighted by Crippen LogP contribution is -2.33. The highest BCUT2D eigenvalue weighted by Gasteiger charge is 2.35. The minimum atomic E-state index is -0.767. The van der Waals surface area contributed by atoms with Gasteiger partial charge in [-0.1, -0.05) is 19.9 Å². The molecule has 3 atom stereocenters. The van der Waals surface area contributed by atoms with Crippen LogP contribution in [0, 0.1) is 0 Å². The number of benzene rings is 1. The highest BCUT2D eigenvalue weighted by molar-refractivity contribution is 7.85. The Morgan fingerprint density at radius 3 is 2.80 bits per heavy atom. The van der Waals surface area contributed by atoms with Gasteiger partial charge < -0.3 is 10.1 Å². The molecular formula is C16H25NO2S. The van der Waals surface area contributed by atoms with Gasteiger partial charge in [0, 0.05) is 22.6 Å². The van der Waals surface area contributed by atoms with Gasteiger partial charge in [0.05, 0.1) is 12.4 Å². The van der Waals surface area contributed by atoms with Crippen molar-refractivity contribution in [1.82, 2.24) is 5.32 Å². The summed E-state index contributed by atoms with van der Waals surface area (Å²) in [5.74, 6) is 1.68. The van der Waals surface area contributed by atoms with Crippen molar-refractivity contribution in [1.29, 1.82) is 0 Å². The van der Waals surface area contributed by atoms with Crippen LogP contribution in [0.4, 0.5) is 0 Å². The first-order valence-corrected chi connectivity index (χ1v) is 8.86. The summed E-state index contributed by atoms with van der Waals surface area (Å²) in [5.41, 5.74) is 2.58. The average molecular weight is 295 g/mol. The van der Waals surface area contributed by atoms with Crippen LogP contribution in [0.1, 0.15) is 43.9 Å². The molecule has 0 spiro atoms. The zero-order valence-electron chi connectivity index (χ0n) is 12.6. The van der Waals surface area contributed by atoms with Gasteiger partial charge in [0.15, 0.2) is 0 Å². The number of methoxy groups -OCH3 is 1. The van der Waals surface area contributed by atoms with Crippen molar-refractivity contribution in [2.75, 3.05) is 19.4 Å². The van der Waals surface area contributed by atoms with Crippen molar-refractivity contribution in [2.24, 2.45) is 0 Å². The van der Waals surface area contributed by atoms with E-state index in [1.807, 2.05) is 6.07 Å². The number of rotatable bonds is 7. The summed E-state index contributed by atoms with van der Waals surface area (Å²) in [7, 11) is 0.925. The summed E-state index contributed by atoms with van der Waals surface area (Å²) in [4.78, 5) is 0. The number of ether oxygens (including phenoxy) is 1. The second-order valence-electron chi connectivity index (χ2n) is 5.32. The molecule has 0 radical (unpaired) electrons. The molecule has 0 aliphatic heterocycles. The molecule has 0 aromatic heterocycles. The number of nitrogens with one attached hydrogen (secondary N) is 1. The molecule has 0 saturated carbocycles. The zero-order valence-corrected chi connectivity index (χ0v) is 13.5. The van der Waals surface area contributed by atoms with Gasteiger partial charge in [-0.2, -0.15) is 0 Å². The molecule has 2 rings (SSSR count). The molecule has 1 aliphatic carbocycles. The third kappa shape index (κ3) is 3.23. The largest absolute Gasteiger partial charge is 0.497 e. The molecule has 0 saturated heterocycles. The van der Waals surface area contributed by atoms with E-state index in [-0.39, 0.29) is 11.3 Å². The minimum Gasteiger partial charge on any atom is -0.497 e. The summed E-state index contributed by atoms with van der Waals surface area (Å²) in [6, 6.07) is 6.43. The first-order valence-electron chi connectivity index (χ1n) is 7.48. The summed E-state index contributed by atoms with van der Waals surface area (Å²) in [5, 5.41) is 3.78. The van der Waals surface area contributed by atoms with Crippen LogP contribution in [0.5, 0.6) is 5.75 Å². The summed E-state index contributed by atoms with van der Waals surface area (Å²) >= 11 is 0. The normalized spacial score (nSPS) is 22.6. The Labute approximate surface area is 124 Å². The lowest BCUT2D eigenvalue weighted by atomic mass is 10.1. The maximum atomic E-state index is 12.5. The highest BCUT2D eigenvalue weighted by Crippen LogP contribution is 2.36. The van der Waals surface area contributed by atoms with Crippen LogP contribution >= 0.6 is 0 Å². The van der Waals surface area contributed by atoms with Crippen LogP contribution in [0.15, 0.2) is 18.2 Å². The maximum absolute atomic E-state index is 12.5. The molecular weight excluding hydrogens is 270 g/mol. The van der Waals surface area contributed by atoms with Crippen molar-refractivity contribution in [3.8, 4) is 5.75 Å². The molecule has 3 unspecified atom stereocenters. The molecule has 3 nitrogen and oxygen atoms in total. The van der Waals surface area contributed by atoms with Crippen molar-refractivity contribution >= 4 is 10.8 Å². The van der Waals surface area contributed by atoms with Gasteiger partial charge in [0.1, 0.15) is 5.75 Å². The Balaban J connectivity index is 2.26.